The standard InChI is InChI=1S/C22H24N4O3S/c1-3-4-16-5-6-18(19(13-16)28-2)29-14-20(27)25-8-10-26(11-9-25)21-17-7-12-30-22(17)24-15-23-21/h3,5-7,12-13,15H,1,4,8-11,14H2,2H3. The van der Waals surface area contributed by atoms with Crippen molar-refractivity contribution in [2.75, 3.05) is 44.8 Å². The molecule has 1 aromatic carbocycles. The molecule has 1 fully saturated rings. The maximum absolute atomic E-state index is 12.7. The van der Waals surface area contributed by atoms with E-state index < -0.39 is 0 Å². The Morgan fingerprint density at radius 3 is 2.80 bits per heavy atom. The number of benzene rings is 1. The zero-order chi connectivity index (χ0) is 20.9. The van der Waals surface area contributed by atoms with Gasteiger partial charge in [-0.15, -0.1) is 17.9 Å². The molecular formula is C22H24N4O3S. The Labute approximate surface area is 179 Å². The minimum absolute atomic E-state index is 0.0144. The van der Waals surface area contributed by atoms with E-state index in [4.69, 9.17) is 9.47 Å². The average molecular weight is 425 g/mol. The number of rotatable bonds is 7. The summed E-state index contributed by atoms with van der Waals surface area (Å²) in [5.41, 5.74) is 1.08. The molecule has 1 aliphatic rings. The quantitative estimate of drug-likeness (QED) is 0.543. The van der Waals surface area contributed by atoms with Crippen molar-refractivity contribution >= 4 is 33.3 Å². The van der Waals surface area contributed by atoms with Crippen molar-refractivity contribution in [3.63, 3.8) is 0 Å². The number of allylic oxidation sites excluding steroid dienone is 1. The second-order valence-corrected chi connectivity index (χ2v) is 7.87. The molecule has 1 saturated heterocycles. The van der Waals surface area contributed by atoms with Gasteiger partial charge < -0.3 is 19.3 Å². The van der Waals surface area contributed by atoms with Crippen LogP contribution in [0.2, 0.25) is 0 Å². The number of thiophene rings is 1. The number of carbonyl (C=O) groups excluding carboxylic acids is 1. The van der Waals surface area contributed by atoms with Crippen LogP contribution in [0, 0.1) is 0 Å². The molecule has 0 aliphatic carbocycles. The summed E-state index contributed by atoms with van der Waals surface area (Å²) < 4.78 is 11.2. The first-order valence-corrected chi connectivity index (χ1v) is 10.7. The lowest BCUT2D eigenvalue weighted by Crippen LogP contribution is -2.50. The smallest absolute Gasteiger partial charge is 0.260 e. The van der Waals surface area contributed by atoms with Crippen LogP contribution in [-0.2, 0) is 11.2 Å². The van der Waals surface area contributed by atoms with Crippen molar-refractivity contribution in [2.24, 2.45) is 0 Å². The van der Waals surface area contributed by atoms with Gasteiger partial charge in [0.1, 0.15) is 17.0 Å². The molecule has 3 aromatic rings. The first-order valence-electron chi connectivity index (χ1n) is 9.81. The predicted molar refractivity (Wildman–Crippen MR) is 119 cm³/mol. The molecule has 0 saturated carbocycles. The van der Waals surface area contributed by atoms with E-state index in [-0.39, 0.29) is 12.5 Å². The van der Waals surface area contributed by atoms with Gasteiger partial charge in [0.05, 0.1) is 12.5 Å². The molecule has 0 bridgehead atoms. The van der Waals surface area contributed by atoms with Crippen LogP contribution >= 0.6 is 11.3 Å². The van der Waals surface area contributed by atoms with Crippen LogP contribution in [0.4, 0.5) is 5.82 Å². The van der Waals surface area contributed by atoms with Crippen molar-refractivity contribution in [2.45, 2.75) is 6.42 Å². The summed E-state index contributed by atoms with van der Waals surface area (Å²) in [5.74, 6) is 2.10. The van der Waals surface area contributed by atoms with E-state index in [1.807, 2.05) is 34.6 Å². The molecule has 2 aromatic heterocycles. The number of anilines is 1. The number of piperazine rings is 1. The summed E-state index contributed by atoms with van der Waals surface area (Å²) >= 11 is 1.61. The summed E-state index contributed by atoms with van der Waals surface area (Å²) in [7, 11) is 1.60. The van der Waals surface area contributed by atoms with Crippen LogP contribution < -0.4 is 14.4 Å². The van der Waals surface area contributed by atoms with Crippen molar-refractivity contribution in [1.29, 1.82) is 0 Å². The number of carbonyl (C=O) groups is 1. The van der Waals surface area contributed by atoms with Crippen molar-refractivity contribution in [1.82, 2.24) is 14.9 Å². The highest BCUT2D eigenvalue weighted by molar-refractivity contribution is 7.16. The molecular weight excluding hydrogens is 400 g/mol. The second-order valence-electron chi connectivity index (χ2n) is 6.97. The van der Waals surface area contributed by atoms with Gasteiger partial charge in [-0.1, -0.05) is 12.1 Å². The second kappa shape index (κ2) is 9.13. The maximum Gasteiger partial charge on any atom is 0.260 e. The fourth-order valence-corrected chi connectivity index (χ4v) is 4.28. The molecule has 1 aliphatic heterocycles. The summed E-state index contributed by atoms with van der Waals surface area (Å²) in [4.78, 5) is 26.5. The average Bonchev–Trinajstić information content (AvgIpc) is 3.27. The van der Waals surface area contributed by atoms with E-state index in [1.54, 1.807) is 24.8 Å². The van der Waals surface area contributed by atoms with Gasteiger partial charge in [0.25, 0.3) is 5.91 Å². The monoisotopic (exact) mass is 424 g/mol. The van der Waals surface area contributed by atoms with Crippen LogP contribution in [0.3, 0.4) is 0 Å². The van der Waals surface area contributed by atoms with Crippen LogP contribution in [0.1, 0.15) is 5.56 Å². The first kappa shape index (κ1) is 20.2. The van der Waals surface area contributed by atoms with Crippen LogP contribution in [0.25, 0.3) is 10.2 Å². The zero-order valence-electron chi connectivity index (χ0n) is 16.9. The third kappa shape index (κ3) is 4.23. The Balaban J connectivity index is 1.34. The number of nitrogens with zero attached hydrogens (tertiary/aromatic N) is 4. The van der Waals surface area contributed by atoms with E-state index in [1.165, 1.54) is 0 Å². The maximum atomic E-state index is 12.7. The molecule has 156 valence electrons. The lowest BCUT2D eigenvalue weighted by Gasteiger charge is -2.35. The molecule has 30 heavy (non-hydrogen) atoms. The third-order valence-corrected chi connectivity index (χ3v) is 5.95. The van der Waals surface area contributed by atoms with Gasteiger partial charge in [0, 0.05) is 26.2 Å². The van der Waals surface area contributed by atoms with Gasteiger partial charge in [-0.25, -0.2) is 9.97 Å². The Morgan fingerprint density at radius 2 is 2.03 bits per heavy atom. The van der Waals surface area contributed by atoms with Crippen LogP contribution in [-0.4, -0.2) is 60.7 Å². The van der Waals surface area contributed by atoms with Crippen LogP contribution in [0.5, 0.6) is 11.5 Å². The largest absolute Gasteiger partial charge is 0.493 e. The highest BCUT2D eigenvalue weighted by atomic mass is 32.1. The van der Waals surface area contributed by atoms with E-state index in [0.717, 1.165) is 41.1 Å². The number of hydrogen-bond acceptors (Lipinski definition) is 7. The van der Waals surface area contributed by atoms with Gasteiger partial charge in [-0.3, -0.25) is 4.79 Å². The molecule has 0 N–H and O–H groups in total. The van der Waals surface area contributed by atoms with Crippen molar-refractivity contribution in [3.8, 4) is 11.5 Å². The zero-order valence-corrected chi connectivity index (χ0v) is 17.7. The summed E-state index contributed by atoms with van der Waals surface area (Å²) in [6.07, 6.45) is 4.19. The fourth-order valence-electron chi connectivity index (χ4n) is 3.55. The topological polar surface area (TPSA) is 67.8 Å². The SMILES string of the molecule is C=CCc1ccc(OCC(=O)N2CCN(c3ncnc4sccc34)CC2)c(OC)c1. The summed E-state index contributed by atoms with van der Waals surface area (Å²) in [6, 6.07) is 7.75. The lowest BCUT2D eigenvalue weighted by atomic mass is 10.1. The minimum Gasteiger partial charge on any atom is -0.493 e. The molecule has 7 nitrogen and oxygen atoms in total. The molecule has 0 spiro atoms. The van der Waals surface area contributed by atoms with E-state index in [9.17, 15) is 4.79 Å². The molecule has 4 rings (SSSR count). The Morgan fingerprint density at radius 1 is 1.20 bits per heavy atom. The summed E-state index contributed by atoms with van der Waals surface area (Å²) in [5, 5.41) is 3.09. The highest BCUT2D eigenvalue weighted by Gasteiger charge is 2.24. The molecule has 0 radical (unpaired) electrons. The van der Waals surface area contributed by atoms with Gasteiger partial charge in [-0.05, 0) is 35.6 Å². The molecule has 8 heteroatoms. The molecule has 1 amide bonds. The number of fused-ring (bicyclic) bond motifs is 1. The lowest BCUT2D eigenvalue weighted by molar-refractivity contribution is -0.133. The molecule has 0 atom stereocenters. The molecule has 3 heterocycles. The summed E-state index contributed by atoms with van der Waals surface area (Å²) in [6.45, 7) is 6.46. The van der Waals surface area contributed by atoms with Gasteiger partial charge >= 0.3 is 0 Å². The Kier molecular flexibility index (Phi) is 6.13. The van der Waals surface area contributed by atoms with Gasteiger partial charge in [0.2, 0.25) is 0 Å². The van der Waals surface area contributed by atoms with E-state index >= 15 is 0 Å². The normalized spacial score (nSPS) is 14.0. The highest BCUT2D eigenvalue weighted by Crippen LogP contribution is 2.29. The van der Waals surface area contributed by atoms with Gasteiger partial charge in [-0.2, -0.15) is 0 Å². The Bertz CT molecular complexity index is 1040. The van der Waals surface area contributed by atoms with E-state index in [0.29, 0.717) is 24.6 Å². The first-order chi connectivity index (χ1) is 14.7. The number of aromatic nitrogens is 2. The number of methoxy groups -OCH3 is 1. The number of amides is 1. The number of hydrogen-bond donors (Lipinski definition) is 0. The van der Waals surface area contributed by atoms with E-state index in [2.05, 4.69) is 27.5 Å². The fraction of sp³-hybridized carbons (Fsp3) is 0.318. The van der Waals surface area contributed by atoms with Crippen molar-refractivity contribution < 1.29 is 14.3 Å². The number of ether oxygens (including phenoxy) is 2. The van der Waals surface area contributed by atoms with Crippen molar-refractivity contribution in [3.05, 3.63) is 54.2 Å². The molecule has 0 unspecified atom stereocenters. The van der Waals surface area contributed by atoms with Crippen LogP contribution in [0.15, 0.2) is 48.6 Å². The Hall–Kier alpha value is -3.13. The third-order valence-electron chi connectivity index (χ3n) is 5.13. The predicted octanol–water partition coefficient (Wildman–Crippen LogP) is 3.16. The van der Waals surface area contributed by atoms with Gasteiger partial charge in [0.15, 0.2) is 18.1 Å². The minimum atomic E-state index is -0.0322.